The summed E-state index contributed by atoms with van der Waals surface area (Å²) in [4.78, 5) is 0. The molecule has 2 atom stereocenters. The van der Waals surface area contributed by atoms with E-state index in [4.69, 9.17) is 17.3 Å². The standard InChI is InChI=1S/C13H20ClNO.ClH/c1-8-7-9(14)5-6-10(8)11(15)12(16)13(2,3)4;/h5-7,11-12,16H,15H2,1-4H3;1H/t11-,12-;/m1./s1. The summed E-state index contributed by atoms with van der Waals surface area (Å²) in [6.07, 6.45) is -0.577. The average Bonchev–Trinajstić information content (AvgIpc) is 2.14. The van der Waals surface area contributed by atoms with Crippen molar-refractivity contribution in [3.63, 3.8) is 0 Å². The van der Waals surface area contributed by atoms with Crippen LogP contribution in [-0.4, -0.2) is 11.2 Å². The molecule has 0 spiro atoms. The third-order valence-corrected chi connectivity index (χ3v) is 3.05. The van der Waals surface area contributed by atoms with Crippen LogP contribution in [-0.2, 0) is 0 Å². The molecule has 0 saturated heterocycles. The number of aliphatic hydroxyl groups is 1. The molecule has 0 bridgehead atoms. The van der Waals surface area contributed by atoms with Crippen LogP contribution >= 0.6 is 24.0 Å². The van der Waals surface area contributed by atoms with Crippen LogP contribution in [0.4, 0.5) is 0 Å². The zero-order valence-corrected chi connectivity index (χ0v) is 12.3. The summed E-state index contributed by atoms with van der Waals surface area (Å²) in [6, 6.07) is 5.18. The van der Waals surface area contributed by atoms with Crippen LogP contribution in [0.5, 0.6) is 0 Å². The Hall–Kier alpha value is -0.280. The molecule has 2 nitrogen and oxygen atoms in total. The van der Waals surface area contributed by atoms with Crippen LogP contribution in [0.25, 0.3) is 0 Å². The molecule has 98 valence electrons. The minimum absolute atomic E-state index is 0. The van der Waals surface area contributed by atoms with E-state index in [1.807, 2.05) is 39.8 Å². The van der Waals surface area contributed by atoms with Gasteiger partial charge in [-0.05, 0) is 35.6 Å². The second-order valence-corrected chi connectivity index (χ2v) is 5.77. The predicted molar refractivity (Wildman–Crippen MR) is 75.8 cm³/mol. The van der Waals surface area contributed by atoms with E-state index in [0.717, 1.165) is 11.1 Å². The van der Waals surface area contributed by atoms with Crippen molar-refractivity contribution in [3.05, 3.63) is 34.3 Å². The van der Waals surface area contributed by atoms with Gasteiger partial charge < -0.3 is 10.8 Å². The van der Waals surface area contributed by atoms with Crippen molar-refractivity contribution in [1.29, 1.82) is 0 Å². The zero-order valence-electron chi connectivity index (χ0n) is 10.7. The van der Waals surface area contributed by atoms with Crippen LogP contribution in [0.15, 0.2) is 18.2 Å². The first-order valence-corrected chi connectivity index (χ1v) is 5.81. The maximum atomic E-state index is 10.1. The fourth-order valence-corrected chi connectivity index (χ4v) is 1.95. The maximum absolute atomic E-state index is 10.1. The summed E-state index contributed by atoms with van der Waals surface area (Å²) in [6.45, 7) is 7.88. The van der Waals surface area contributed by atoms with Crippen molar-refractivity contribution >= 4 is 24.0 Å². The Bertz CT molecular complexity index is 374. The Morgan fingerprint density at radius 3 is 2.24 bits per heavy atom. The van der Waals surface area contributed by atoms with E-state index in [1.54, 1.807) is 6.07 Å². The van der Waals surface area contributed by atoms with E-state index in [9.17, 15) is 5.11 Å². The third kappa shape index (κ3) is 4.14. The highest BCUT2D eigenvalue weighted by Crippen LogP contribution is 2.30. The Balaban J connectivity index is 0.00000256. The molecular formula is C13H21Cl2NO. The highest BCUT2D eigenvalue weighted by molar-refractivity contribution is 6.30. The molecule has 0 amide bonds. The Kier molecular flexibility index (Phi) is 5.95. The largest absolute Gasteiger partial charge is 0.391 e. The van der Waals surface area contributed by atoms with Crippen LogP contribution in [0.3, 0.4) is 0 Å². The van der Waals surface area contributed by atoms with E-state index in [-0.39, 0.29) is 23.9 Å². The molecule has 0 aliphatic heterocycles. The lowest BCUT2D eigenvalue weighted by Crippen LogP contribution is -2.37. The second-order valence-electron chi connectivity index (χ2n) is 5.34. The molecule has 0 aliphatic carbocycles. The van der Waals surface area contributed by atoms with E-state index in [0.29, 0.717) is 5.02 Å². The molecule has 0 fully saturated rings. The minimum atomic E-state index is -0.577. The van der Waals surface area contributed by atoms with Crippen molar-refractivity contribution in [2.45, 2.75) is 39.8 Å². The first-order chi connectivity index (χ1) is 7.23. The fourth-order valence-electron chi connectivity index (χ4n) is 1.72. The highest BCUT2D eigenvalue weighted by atomic mass is 35.5. The molecule has 0 aliphatic rings. The normalized spacial score (nSPS) is 15.0. The zero-order chi connectivity index (χ0) is 12.5. The number of rotatable bonds is 2. The van der Waals surface area contributed by atoms with Crippen molar-refractivity contribution in [1.82, 2.24) is 0 Å². The predicted octanol–water partition coefficient (Wildman–Crippen LogP) is 3.48. The number of hydrogen-bond acceptors (Lipinski definition) is 2. The molecule has 0 aromatic heterocycles. The van der Waals surface area contributed by atoms with Crippen molar-refractivity contribution in [2.24, 2.45) is 11.1 Å². The van der Waals surface area contributed by atoms with Crippen molar-refractivity contribution in [2.75, 3.05) is 0 Å². The molecule has 0 unspecified atom stereocenters. The van der Waals surface area contributed by atoms with Crippen molar-refractivity contribution in [3.8, 4) is 0 Å². The molecule has 0 heterocycles. The molecule has 3 N–H and O–H groups in total. The third-order valence-electron chi connectivity index (χ3n) is 2.82. The number of aryl methyl sites for hydroxylation is 1. The van der Waals surface area contributed by atoms with Gasteiger partial charge in [0, 0.05) is 5.02 Å². The van der Waals surface area contributed by atoms with E-state index < -0.39 is 6.10 Å². The number of hydrogen-bond donors (Lipinski definition) is 2. The van der Waals surface area contributed by atoms with Crippen LogP contribution in [0.1, 0.15) is 37.9 Å². The molecule has 0 saturated carbocycles. The van der Waals surface area contributed by atoms with Crippen LogP contribution < -0.4 is 5.73 Å². The molecule has 1 rings (SSSR count). The van der Waals surface area contributed by atoms with E-state index in [1.165, 1.54) is 0 Å². The molecule has 0 radical (unpaired) electrons. The number of benzene rings is 1. The summed E-state index contributed by atoms with van der Waals surface area (Å²) in [5.41, 5.74) is 7.82. The lowest BCUT2D eigenvalue weighted by molar-refractivity contribution is 0.0399. The van der Waals surface area contributed by atoms with E-state index in [2.05, 4.69) is 0 Å². The summed E-state index contributed by atoms with van der Waals surface area (Å²) < 4.78 is 0. The van der Waals surface area contributed by atoms with Gasteiger partial charge in [0.2, 0.25) is 0 Å². The van der Waals surface area contributed by atoms with Gasteiger partial charge in [0.1, 0.15) is 0 Å². The molecule has 1 aromatic carbocycles. The number of aliphatic hydroxyl groups excluding tert-OH is 1. The lowest BCUT2D eigenvalue weighted by atomic mass is 9.82. The van der Waals surface area contributed by atoms with Gasteiger partial charge in [0.05, 0.1) is 12.1 Å². The van der Waals surface area contributed by atoms with E-state index >= 15 is 0 Å². The summed E-state index contributed by atoms with van der Waals surface area (Å²) in [5.74, 6) is 0. The Labute approximate surface area is 115 Å². The van der Waals surface area contributed by atoms with Crippen molar-refractivity contribution < 1.29 is 5.11 Å². The topological polar surface area (TPSA) is 46.2 Å². The summed E-state index contributed by atoms with van der Waals surface area (Å²) >= 11 is 5.89. The van der Waals surface area contributed by atoms with Gasteiger partial charge in [-0.3, -0.25) is 0 Å². The fraction of sp³-hybridized carbons (Fsp3) is 0.538. The lowest BCUT2D eigenvalue weighted by Gasteiger charge is -2.31. The van der Waals surface area contributed by atoms with Gasteiger partial charge in [-0.1, -0.05) is 38.4 Å². The van der Waals surface area contributed by atoms with Gasteiger partial charge in [-0.25, -0.2) is 0 Å². The second kappa shape index (κ2) is 6.05. The maximum Gasteiger partial charge on any atom is 0.0781 e. The number of nitrogens with two attached hydrogens (primary N) is 1. The first kappa shape index (κ1) is 16.7. The summed E-state index contributed by atoms with van der Waals surface area (Å²) in [7, 11) is 0. The smallest absolute Gasteiger partial charge is 0.0781 e. The van der Waals surface area contributed by atoms with Crippen LogP contribution in [0.2, 0.25) is 5.02 Å². The first-order valence-electron chi connectivity index (χ1n) is 5.43. The molecule has 17 heavy (non-hydrogen) atoms. The average molecular weight is 278 g/mol. The Morgan fingerprint density at radius 1 is 1.29 bits per heavy atom. The molecule has 1 aromatic rings. The van der Waals surface area contributed by atoms with Gasteiger partial charge in [0.25, 0.3) is 0 Å². The van der Waals surface area contributed by atoms with Gasteiger partial charge >= 0.3 is 0 Å². The minimum Gasteiger partial charge on any atom is -0.391 e. The van der Waals surface area contributed by atoms with Gasteiger partial charge in [-0.15, -0.1) is 12.4 Å². The SMILES string of the molecule is Cc1cc(Cl)ccc1[C@@H](N)[C@@H](O)C(C)(C)C.Cl. The summed E-state index contributed by atoms with van der Waals surface area (Å²) in [5, 5.41) is 10.8. The molecular weight excluding hydrogens is 257 g/mol. The highest BCUT2D eigenvalue weighted by Gasteiger charge is 2.29. The van der Waals surface area contributed by atoms with Gasteiger partial charge in [-0.2, -0.15) is 0 Å². The quantitative estimate of drug-likeness (QED) is 0.870. The number of halogens is 2. The Morgan fingerprint density at radius 2 is 1.82 bits per heavy atom. The molecule has 4 heteroatoms. The van der Waals surface area contributed by atoms with Gasteiger partial charge in [0.15, 0.2) is 0 Å². The van der Waals surface area contributed by atoms with Crippen LogP contribution in [0, 0.1) is 12.3 Å². The monoisotopic (exact) mass is 277 g/mol.